The molecule has 7 atom stereocenters. The molecule has 5 aromatic rings. The molecule has 0 radical (unpaired) electrons. The van der Waals surface area contributed by atoms with Gasteiger partial charge in [-0.1, -0.05) is 81.8 Å². The Hall–Kier alpha value is -6.80. The number of fused-ring (bicyclic) bond motifs is 1. The number of amides is 4. The number of unbranched alkanes of at least 4 members (excludes halogenated alkanes) is 3. The number of aliphatic hydroxyl groups excluding tert-OH is 1. The van der Waals surface area contributed by atoms with Crippen LogP contribution in [0.15, 0.2) is 84.4 Å². The van der Waals surface area contributed by atoms with Crippen LogP contribution in [0.25, 0.3) is 21.3 Å². The average molecular weight is 1180 g/mol. The molecule has 0 saturated heterocycles. The van der Waals surface area contributed by atoms with Crippen molar-refractivity contribution >= 4 is 82.0 Å². The smallest absolute Gasteiger partial charge is 0.393 e. The number of nitrogens with two attached hydrogens (primary N) is 1. The van der Waals surface area contributed by atoms with E-state index in [0.29, 0.717) is 42.3 Å². The van der Waals surface area contributed by atoms with Gasteiger partial charge in [0.1, 0.15) is 17.6 Å². The fourth-order valence-corrected chi connectivity index (χ4v) is 13.0. The molecule has 19 nitrogen and oxygen atoms in total. The van der Waals surface area contributed by atoms with Crippen molar-refractivity contribution in [1.29, 1.82) is 0 Å². The number of thiazole rings is 1. The zero-order valence-electron chi connectivity index (χ0n) is 47.4. The van der Waals surface area contributed by atoms with Gasteiger partial charge in [0.2, 0.25) is 23.6 Å². The van der Waals surface area contributed by atoms with Crippen LogP contribution >= 0.6 is 18.9 Å². The minimum atomic E-state index is -5.03. The van der Waals surface area contributed by atoms with Crippen LogP contribution in [0.1, 0.15) is 141 Å². The van der Waals surface area contributed by atoms with Crippen LogP contribution in [0, 0.1) is 36.0 Å². The molecule has 1 saturated carbocycles. The summed E-state index contributed by atoms with van der Waals surface area (Å²) in [5, 5.41) is 17.1. The molecule has 8 N–H and O–H groups in total. The molecule has 3 aliphatic rings. The third-order valence-corrected chi connectivity index (χ3v) is 18.1. The van der Waals surface area contributed by atoms with E-state index >= 15 is 0 Å². The van der Waals surface area contributed by atoms with E-state index in [1.807, 2.05) is 87.8 Å². The van der Waals surface area contributed by atoms with Crippen molar-refractivity contribution in [2.24, 2.45) is 34.8 Å². The number of allylic oxidation sites excluding steroid dienone is 1. The Balaban J connectivity index is 0.776. The van der Waals surface area contributed by atoms with Crippen molar-refractivity contribution < 1.29 is 62.6 Å². The van der Waals surface area contributed by atoms with Crippen LogP contribution in [0.2, 0.25) is 0 Å². The predicted molar refractivity (Wildman–Crippen MR) is 314 cm³/mol. The highest BCUT2D eigenvalue weighted by molar-refractivity contribution is 7.70. The summed E-state index contributed by atoms with van der Waals surface area (Å²) in [5.74, 6) is -5.01. The van der Waals surface area contributed by atoms with Gasteiger partial charge in [0.25, 0.3) is 5.52 Å². The largest absolute Gasteiger partial charge is 0.396 e. The Kier molecular flexibility index (Phi) is 20.5. The number of benzene rings is 3. The topological polar surface area (TPSA) is 306 Å². The van der Waals surface area contributed by atoms with E-state index in [-0.39, 0.29) is 99.3 Å². The number of aromatic amines is 1. The number of H-pyrrole nitrogens is 1. The summed E-state index contributed by atoms with van der Waals surface area (Å²) in [6.45, 7) is 8.32. The standard InChI is InChI=1S/C62H75N6O13PS/c1-36-57(83-35-65-36)39-17-15-37(16-18-39)33-64-58(74)48-31-46(70)30-47(48)56(73)49(62(2,3)4)32-45(69)14-9-7-5-6-8-10-25-81-34-44(22-24-54(63)72)66-59(75)52-28-40-13-11-12-38-19-20-41(60(76)68(52)55(38)40)29-53(71)51-27-43-26-42(21-23-50(43)67-51)61(77)82(78,79)80/h8,10-13,15-18,21,23,26-27,35,41,44,46-49,52,67,70H,5-7,9,14,19-20,22,24-25,28-34H2,1-4H3,(H2,63,72)(H,64,74)(H,66,75)(H2,78,79,80)/b10-8-/t41-,44+,46+,47?,48-,49-,52+/m1/s1. The van der Waals surface area contributed by atoms with Gasteiger partial charge >= 0.3 is 7.60 Å². The lowest BCUT2D eigenvalue weighted by Gasteiger charge is -2.32. The first-order chi connectivity index (χ1) is 39.5. The van der Waals surface area contributed by atoms with Crippen molar-refractivity contribution in [3.63, 3.8) is 0 Å². The Morgan fingerprint density at radius 1 is 0.940 bits per heavy atom. The Bertz CT molecular complexity index is 3320. The zero-order chi connectivity index (χ0) is 59.8. The summed E-state index contributed by atoms with van der Waals surface area (Å²) in [7, 11) is -5.03. The van der Waals surface area contributed by atoms with E-state index < -0.39 is 78.0 Å². The number of para-hydroxylation sites is 1. The maximum Gasteiger partial charge on any atom is 0.396 e. The quantitative estimate of drug-likeness (QED) is 0.0108. The van der Waals surface area contributed by atoms with Crippen molar-refractivity contribution in [3.05, 3.63) is 118 Å². The molecule has 3 aromatic carbocycles. The van der Waals surface area contributed by atoms with E-state index in [0.717, 1.165) is 52.1 Å². The first kappa shape index (κ1) is 62.3. The van der Waals surface area contributed by atoms with Gasteiger partial charge in [-0.05, 0) is 110 Å². The third kappa shape index (κ3) is 15.7. The average Bonchev–Trinajstić information content (AvgIpc) is 4.45. The molecule has 8 rings (SSSR count). The number of rotatable bonds is 28. The molecule has 83 heavy (non-hydrogen) atoms. The Morgan fingerprint density at radius 3 is 2.40 bits per heavy atom. The van der Waals surface area contributed by atoms with Crippen LogP contribution in [-0.2, 0) is 57.5 Å². The van der Waals surface area contributed by atoms with Crippen molar-refractivity contribution in [1.82, 2.24) is 20.6 Å². The number of primary amides is 1. The molecular weight excluding hydrogens is 1100 g/mol. The molecule has 21 heteroatoms. The van der Waals surface area contributed by atoms with Crippen molar-refractivity contribution in [2.75, 3.05) is 18.1 Å². The Morgan fingerprint density at radius 2 is 1.69 bits per heavy atom. The number of carbonyl (C=O) groups excluding carboxylic acids is 8. The van der Waals surface area contributed by atoms with Crippen LogP contribution in [0.4, 0.5) is 5.69 Å². The molecule has 0 bridgehead atoms. The monoisotopic (exact) mass is 1170 g/mol. The molecular formula is C62H75N6O13PS. The number of anilines is 1. The Labute approximate surface area is 486 Å². The second kappa shape index (κ2) is 27.3. The number of ether oxygens (including phenoxy) is 1. The van der Waals surface area contributed by atoms with Crippen LogP contribution < -0.4 is 21.3 Å². The van der Waals surface area contributed by atoms with Crippen molar-refractivity contribution in [2.45, 2.75) is 142 Å². The molecule has 0 spiro atoms. The maximum absolute atomic E-state index is 14.5. The fourth-order valence-electron chi connectivity index (χ4n) is 11.8. The molecule has 2 aliphatic heterocycles. The second-order valence-corrected chi connectivity index (χ2v) is 25.8. The van der Waals surface area contributed by atoms with Crippen molar-refractivity contribution in [3.8, 4) is 10.4 Å². The van der Waals surface area contributed by atoms with Gasteiger partial charge in [-0.2, -0.15) is 0 Å². The minimum Gasteiger partial charge on any atom is -0.393 e. The summed E-state index contributed by atoms with van der Waals surface area (Å²) < 4.78 is 17.5. The normalized spacial score (nSPS) is 19.6. The van der Waals surface area contributed by atoms with Crippen LogP contribution in [-0.4, -0.2) is 103 Å². The van der Waals surface area contributed by atoms with E-state index in [2.05, 4.69) is 20.6 Å². The fraction of sp³-hybridized carbons (Fsp3) is 0.468. The number of Topliss-reactive ketones (excluding diaryl/α,β-unsaturated/α-hetero) is 3. The minimum absolute atomic E-state index is 0.0142. The van der Waals surface area contributed by atoms with E-state index in [1.54, 1.807) is 11.3 Å². The van der Waals surface area contributed by atoms with Gasteiger partial charge in [0, 0.05) is 72.9 Å². The van der Waals surface area contributed by atoms with Crippen LogP contribution in [0.5, 0.6) is 0 Å². The van der Waals surface area contributed by atoms with E-state index in [4.69, 9.17) is 10.5 Å². The molecule has 442 valence electrons. The van der Waals surface area contributed by atoms with E-state index in [1.165, 1.54) is 29.2 Å². The molecule has 4 heterocycles. The number of hydrogen-bond acceptors (Lipinski definition) is 13. The lowest BCUT2D eigenvalue weighted by atomic mass is 9.70. The molecule has 1 aliphatic carbocycles. The first-order valence-electron chi connectivity index (χ1n) is 28.5. The lowest BCUT2D eigenvalue weighted by Crippen LogP contribution is -2.52. The van der Waals surface area contributed by atoms with Gasteiger partial charge in [0.15, 0.2) is 5.78 Å². The number of carbonyl (C=O) groups is 8. The SMILES string of the molecule is Cc1ncsc1-c1ccc(CNC(=O)[C@@H]2C[C@@H](O)CC2C(=O)[C@@H](CC(=O)CCCCC/C=C\COC[C@H](CCC(N)=O)NC(=O)[C@@H]2Cc3cccc4c3N2C(=O)[C@@H](CC(=O)c2cc3cc(C(=O)P(=O)(O)O)ccc3[nH]2)CC4)C(C)(C)C)cc1. The maximum atomic E-state index is 14.5. The lowest BCUT2D eigenvalue weighted by molar-refractivity contribution is -0.138. The molecule has 1 unspecified atom stereocenters. The summed E-state index contributed by atoms with van der Waals surface area (Å²) in [4.78, 5) is 137. The molecule has 1 fully saturated rings. The van der Waals surface area contributed by atoms with E-state index in [9.17, 15) is 57.8 Å². The number of hydrogen-bond donors (Lipinski definition) is 7. The summed E-state index contributed by atoms with van der Waals surface area (Å²) in [6, 6.07) is 17.5. The first-order valence-corrected chi connectivity index (χ1v) is 31.0. The predicted octanol–water partition coefficient (Wildman–Crippen LogP) is 8.18. The number of nitrogens with zero attached hydrogens (tertiary/aromatic N) is 2. The van der Waals surface area contributed by atoms with Gasteiger partial charge in [-0.25, -0.2) is 4.98 Å². The number of ketones is 3. The van der Waals surface area contributed by atoms with Crippen LogP contribution in [0.3, 0.4) is 0 Å². The number of aliphatic hydroxyl groups is 1. The van der Waals surface area contributed by atoms with Gasteiger partial charge in [0.05, 0.1) is 58.7 Å². The summed E-state index contributed by atoms with van der Waals surface area (Å²) in [5.41, 5.74) is 11.1. The van der Waals surface area contributed by atoms with Gasteiger partial charge in [-0.15, -0.1) is 11.3 Å². The highest BCUT2D eigenvalue weighted by atomic mass is 32.1. The van der Waals surface area contributed by atoms with Gasteiger partial charge < -0.3 is 41.0 Å². The number of aryl methyl sites for hydroxylation is 2. The highest BCUT2D eigenvalue weighted by Crippen LogP contribution is 2.43. The zero-order valence-corrected chi connectivity index (χ0v) is 49.1. The molecule has 4 amide bonds. The van der Waals surface area contributed by atoms with Gasteiger partial charge in [-0.3, -0.25) is 47.8 Å². The third-order valence-electron chi connectivity index (χ3n) is 16.3. The number of aromatic nitrogens is 2. The molecule has 2 aromatic heterocycles. The highest BCUT2D eigenvalue weighted by Gasteiger charge is 2.47. The number of nitrogens with one attached hydrogen (secondary N) is 3. The summed E-state index contributed by atoms with van der Waals surface area (Å²) in [6.07, 6.45) is 7.79. The summed E-state index contributed by atoms with van der Waals surface area (Å²) >= 11 is 1.57. The second-order valence-electron chi connectivity index (χ2n) is 23.5.